The molecule has 6 nitrogen and oxygen atoms in total. The van der Waals surface area contributed by atoms with Gasteiger partial charge in [-0.2, -0.15) is 0 Å². The first kappa shape index (κ1) is 13.5. The molecule has 0 aliphatic rings. The van der Waals surface area contributed by atoms with Crippen LogP contribution in [0.5, 0.6) is 5.75 Å². The molecule has 0 unspecified atom stereocenters. The zero-order chi connectivity index (χ0) is 14.7. The Hall–Kier alpha value is -2.96. The summed E-state index contributed by atoms with van der Waals surface area (Å²) < 4.78 is 13.6. The van der Waals surface area contributed by atoms with Gasteiger partial charge in [0, 0.05) is 6.20 Å². The molecule has 0 fully saturated rings. The van der Waals surface area contributed by atoms with Crippen LogP contribution in [0.4, 0.5) is 10.1 Å². The summed E-state index contributed by atoms with van der Waals surface area (Å²) in [4.78, 5) is 26.1. The number of nitrogens with one attached hydrogen (secondary N) is 1. The number of aromatic nitrogens is 1. The number of pyridine rings is 1. The number of halogens is 1. The van der Waals surface area contributed by atoms with Crippen LogP contribution in [0.3, 0.4) is 0 Å². The van der Waals surface area contributed by atoms with Gasteiger partial charge in [0.15, 0.2) is 0 Å². The molecule has 1 aromatic heterocycles. The van der Waals surface area contributed by atoms with Crippen LogP contribution in [0.1, 0.15) is 20.7 Å². The van der Waals surface area contributed by atoms with Gasteiger partial charge in [0.2, 0.25) is 0 Å². The van der Waals surface area contributed by atoms with Crippen LogP contribution in [0.25, 0.3) is 0 Å². The number of carbonyl (C=O) groups excluding carboxylic acids is 1. The maximum Gasteiger partial charge on any atom is 0.335 e. The highest BCUT2D eigenvalue weighted by atomic mass is 19.1. The Morgan fingerprint density at radius 3 is 2.50 bits per heavy atom. The van der Waals surface area contributed by atoms with E-state index in [9.17, 15) is 19.1 Å². The molecule has 1 heterocycles. The largest absolute Gasteiger partial charge is 0.506 e. The normalized spacial score (nSPS) is 10.1. The minimum atomic E-state index is -1.26. The second-order valence-corrected chi connectivity index (χ2v) is 3.89. The molecule has 2 aromatic rings. The summed E-state index contributed by atoms with van der Waals surface area (Å²) in [7, 11) is 0. The SMILES string of the molecule is O=C(O)c1ccc(NC(=O)c2cncc(O)c2)c(F)c1. The number of amides is 1. The van der Waals surface area contributed by atoms with Crippen LogP contribution in [-0.4, -0.2) is 27.1 Å². The maximum atomic E-state index is 13.6. The van der Waals surface area contributed by atoms with E-state index in [0.29, 0.717) is 0 Å². The lowest BCUT2D eigenvalue weighted by molar-refractivity contribution is 0.0696. The number of carboxylic acid groups (broad SMARTS) is 1. The molecule has 0 radical (unpaired) electrons. The number of carbonyl (C=O) groups is 2. The van der Waals surface area contributed by atoms with Gasteiger partial charge in [-0.1, -0.05) is 0 Å². The van der Waals surface area contributed by atoms with Gasteiger partial charge >= 0.3 is 5.97 Å². The van der Waals surface area contributed by atoms with E-state index in [1.807, 2.05) is 0 Å². The monoisotopic (exact) mass is 276 g/mol. The summed E-state index contributed by atoms with van der Waals surface area (Å²) in [6.45, 7) is 0. The van der Waals surface area contributed by atoms with Crippen molar-refractivity contribution in [3.05, 3.63) is 53.6 Å². The topological polar surface area (TPSA) is 99.5 Å². The molecule has 0 saturated carbocycles. The fourth-order valence-electron chi connectivity index (χ4n) is 1.50. The first-order chi connectivity index (χ1) is 9.47. The standard InChI is InChI=1S/C13H9FN2O4/c14-10-4-7(13(19)20)1-2-11(10)16-12(18)8-3-9(17)6-15-5-8/h1-6,17H,(H,16,18)(H,19,20). The van der Waals surface area contributed by atoms with Crippen LogP contribution in [-0.2, 0) is 0 Å². The second-order valence-electron chi connectivity index (χ2n) is 3.89. The molecule has 1 amide bonds. The molecule has 0 bridgehead atoms. The average Bonchev–Trinajstić information content (AvgIpc) is 2.40. The quantitative estimate of drug-likeness (QED) is 0.794. The number of nitrogens with zero attached hydrogens (tertiary/aromatic N) is 1. The van der Waals surface area contributed by atoms with Gasteiger partial charge < -0.3 is 15.5 Å². The molecule has 0 spiro atoms. The molecule has 0 aliphatic carbocycles. The van der Waals surface area contributed by atoms with Crippen molar-refractivity contribution in [2.45, 2.75) is 0 Å². The average molecular weight is 276 g/mol. The van der Waals surface area contributed by atoms with Crippen LogP contribution in [0.2, 0.25) is 0 Å². The Labute approximate surface area is 112 Å². The van der Waals surface area contributed by atoms with Crippen molar-refractivity contribution < 1.29 is 24.2 Å². The third-order valence-electron chi connectivity index (χ3n) is 2.45. The van der Waals surface area contributed by atoms with Crippen LogP contribution < -0.4 is 5.32 Å². The maximum absolute atomic E-state index is 13.6. The number of aromatic carboxylic acids is 1. The predicted octanol–water partition coefficient (Wildman–Crippen LogP) is 1.88. The number of aromatic hydroxyl groups is 1. The molecular weight excluding hydrogens is 267 g/mol. The van der Waals surface area contributed by atoms with Gasteiger partial charge in [-0.3, -0.25) is 9.78 Å². The van der Waals surface area contributed by atoms with E-state index in [2.05, 4.69) is 10.3 Å². The highest BCUT2D eigenvalue weighted by molar-refractivity contribution is 6.04. The van der Waals surface area contributed by atoms with E-state index in [1.54, 1.807) is 0 Å². The van der Waals surface area contributed by atoms with Crippen molar-refractivity contribution in [2.75, 3.05) is 5.32 Å². The zero-order valence-corrected chi connectivity index (χ0v) is 10.0. The fourth-order valence-corrected chi connectivity index (χ4v) is 1.50. The predicted molar refractivity (Wildman–Crippen MR) is 67.2 cm³/mol. The van der Waals surface area contributed by atoms with Gasteiger partial charge in [-0.25, -0.2) is 9.18 Å². The van der Waals surface area contributed by atoms with Crippen molar-refractivity contribution in [3.63, 3.8) is 0 Å². The van der Waals surface area contributed by atoms with Crippen molar-refractivity contribution in [1.29, 1.82) is 0 Å². The first-order valence-electron chi connectivity index (χ1n) is 5.45. The van der Waals surface area contributed by atoms with E-state index >= 15 is 0 Å². The number of anilines is 1. The van der Waals surface area contributed by atoms with E-state index in [0.717, 1.165) is 18.3 Å². The summed E-state index contributed by atoms with van der Waals surface area (Å²) in [5, 5.41) is 20.2. The molecular formula is C13H9FN2O4. The minimum absolute atomic E-state index is 0.0479. The van der Waals surface area contributed by atoms with Crippen LogP contribution in [0, 0.1) is 5.82 Å². The van der Waals surface area contributed by atoms with Crippen LogP contribution in [0.15, 0.2) is 36.7 Å². The Balaban J connectivity index is 2.22. The molecule has 3 N–H and O–H groups in total. The highest BCUT2D eigenvalue weighted by Gasteiger charge is 2.12. The molecule has 7 heteroatoms. The second kappa shape index (κ2) is 5.35. The van der Waals surface area contributed by atoms with Crippen molar-refractivity contribution in [2.24, 2.45) is 0 Å². The lowest BCUT2D eigenvalue weighted by atomic mass is 10.2. The third-order valence-corrected chi connectivity index (χ3v) is 2.45. The number of benzene rings is 1. The van der Waals surface area contributed by atoms with E-state index < -0.39 is 17.7 Å². The van der Waals surface area contributed by atoms with E-state index in [-0.39, 0.29) is 22.6 Å². The van der Waals surface area contributed by atoms with E-state index in [1.165, 1.54) is 18.3 Å². The highest BCUT2D eigenvalue weighted by Crippen LogP contribution is 2.17. The van der Waals surface area contributed by atoms with Gasteiger partial charge in [-0.15, -0.1) is 0 Å². The molecule has 2 rings (SSSR count). The lowest BCUT2D eigenvalue weighted by Crippen LogP contribution is -2.13. The lowest BCUT2D eigenvalue weighted by Gasteiger charge is -2.07. The Morgan fingerprint density at radius 1 is 1.15 bits per heavy atom. The molecule has 20 heavy (non-hydrogen) atoms. The number of rotatable bonds is 3. The van der Waals surface area contributed by atoms with Crippen molar-refractivity contribution in [1.82, 2.24) is 4.98 Å². The summed E-state index contributed by atoms with van der Waals surface area (Å²) in [6, 6.07) is 4.29. The zero-order valence-electron chi connectivity index (χ0n) is 10.0. The Bertz CT molecular complexity index is 688. The van der Waals surface area contributed by atoms with Gasteiger partial charge in [-0.05, 0) is 24.3 Å². The first-order valence-corrected chi connectivity index (χ1v) is 5.45. The van der Waals surface area contributed by atoms with E-state index in [4.69, 9.17) is 5.11 Å². The molecule has 102 valence electrons. The van der Waals surface area contributed by atoms with Gasteiger partial charge in [0.1, 0.15) is 11.6 Å². The molecule has 0 aliphatic heterocycles. The molecule has 0 atom stereocenters. The fraction of sp³-hybridized carbons (Fsp3) is 0. The number of hydrogen-bond donors (Lipinski definition) is 3. The Kier molecular flexibility index (Phi) is 3.60. The third kappa shape index (κ3) is 2.89. The smallest absolute Gasteiger partial charge is 0.335 e. The van der Waals surface area contributed by atoms with Crippen molar-refractivity contribution >= 4 is 17.6 Å². The van der Waals surface area contributed by atoms with Gasteiger partial charge in [0.25, 0.3) is 5.91 Å². The minimum Gasteiger partial charge on any atom is -0.506 e. The van der Waals surface area contributed by atoms with Gasteiger partial charge in [0.05, 0.1) is 23.0 Å². The summed E-state index contributed by atoms with van der Waals surface area (Å²) in [5.74, 6) is -3.00. The van der Waals surface area contributed by atoms with Crippen molar-refractivity contribution in [3.8, 4) is 5.75 Å². The summed E-state index contributed by atoms with van der Waals surface area (Å²) in [5.41, 5.74) is -0.338. The summed E-state index contributed by atoms with van der Waals surface area (Å²) in [6.07, 6.45) is 2.36. The summed E-state index contributed by atoms with van der Waals surface area (Å²) >= 11 is 0. The molecule has 0 saturated heterocycles. The number of hydrogen-bond acceptors (Lipinski definition) is 4. The van der Waals surface area contributed by atoms with Crippen LogP contribution >= 0.6 is 0 Å². The molecule has 1 aromatic carbocycles. The number of carboxylic acids is 1. The Morgan fingerprint density at radius 2 is 1.90 bits per heavy atom.